The van der Waals surface area contributed by atoms with Gasteiger partial charge >= 0.3 is 0 Å². The highest BCUT2D eigenvalue weighted by Gasteiger charge is 1.98. The second kappa shape index (κ2) is 9.71. The number of carbonyl (C=O) groups is 1. The van der Waals surface area contributed by atoms with Gasteiger partial charge in [0.1, 0.15) is 0 Å². The molecule has 0 atom stereocenters. The minimum atomic E-state index is -0.0202. The highest BCUT2D eigenvalue weighted by molar-refractivity contribution is 5.85. The monoisotopic (exact) mass is 251 g/mol. The van der Waals surface area contributed by atoms with E-state index in [-0.39, 0.29) is 30.7 Å². The number of carbonyl (C=O) groups excluding carboxylic acids is 1. The van der Waals surface area contributed by atoms with Gasteiger partial charge in [-0.05, 0) is 19.2 Å². The summed E-state index contributed by atoms with van der Waals surface area (Å²) in [6.45, 7) is 0.828. The maximum atomic E-state index is 11.0. The molecule has 0 aliphatic rings. The van der Waals surface area contributed by atoms with Crippen LogP contribution in [0.5, 0.6) is 0 Å². The lowest BCUT2D eigenvalue weighted by Crippen LogP contribution is -2.31. The molecule has 0 spiro atoms. The number of hydrogen-bond donors (Lipinski definition) is 2. The Hall–Kier alpha value is -0.840. The van der Waals surface area contributed by atoms with Gasteiger partial charge in [0.2, 0.25) is 5.91 Å². The molecule has 15 heavy (non-hydrogen) atoms. The Morgan fingerprint density at radius 3 is 2.67 bits per heavy atom. The van der Waals surface area contributed by atoms with Gasteiger partial charge in [-0.15, -0.1) is 24.8 Å². The third-order valence-corrected chi connectivity index (χ3v) is 1.53. The maximum Gasteiger partial charge on any atom is 0.234 e. The van der Waals surface area contributed by atoms with Crippen LogP contribution in [0.3, 0.4) is 0 Å². The summed E-state index contributed by atoms with van der Waals surface area (Å²) < 4.78 is 0. The smallest absolute Gasteiger partial charge is 0.234 e. The Bertz CT molecular complexity index is 269. The molecule has 1 amide bonds. The quantitative estimate of drug-likeness (QED) is 0.831. The van der Waals surface area contributed by atoms with Gasteiger partial charge in [-0.1, -0.05) is 6.07 Å². The van der Waals surface area contributed by atoms with Crippen LogP contribution in [0.15, 0.2) is 24.4 Å². The van der Waals surface area contributed by atoms with Crippen molar-refractivity contribution in [1.29, 1.82) is 0 Å². The molecule has 0 unspecified atom stereocenters. The maximum absolute atomic E-state index is 11.0. The number of nitrogens with one attached hydrogen (secondary N) is 2. The first-order valence-electron chi connectivity index (χ1n) is 4.14. The molecule has 0 bridgehead atoms. The number of aromatic nitrogens is 1. The number of likely N-dealkylation sites (N-methyl/N-ethyl adjacent to an activating group) is 1. The van der Waals surface area contributed by atoms with Gasteiger partial charge in [0.05, 0.1) is 18.8 Å². The van der Waals surface area contributed by atoms with E-state index < -0.39 is 0 Å². The van der Waals surface area contributed by atoms with Crippen molar-refractivity contribution in [3.05, 3.63) is 30.1 Å². The fourth-order valence-corrected chi connectivity index (χ4v) is 0.915. The number of pyridine rings is 1. The summed E-state index contributed by atoms with van der Waals surface area (Å²) in [6.07, 6.45) is 1.71. The fraction of sp³-hybridized carbons (Fsp3) is 0.333. The summed E-state index contributed by atoms with van der Waals surface area (Å²) in [6, 6.07) is 5.62. The van der Waals surface area contributed by atoms with Crippen LogP contribution in [0.2, 0.25) is 0 Å². The van der Waals surface area contributed by atoms with Crippen molar-refractivity contribution in [1.82, 2.24) is 15.6 Å². The zero-order valence-electron chi connectivity index (χ0n) is 8.40. The minimum absolute atomic E-state index is 0. The van der Waals surface area contributed by atoms with Crippen molar-refractivity contribution >= 4 is 30.7 Å². The van der Waals surface area contributed by atoms with E-state index in [4.69, 9.17) is 0 Å². The molecule has 1 aromatic heterocycles. The molecule has 0 saturated heterocycles. The Morgan fingerprint density at radius 2 is 2.13 bits per heavy atom. The van der Waals surface area contributed by atoms with E-state index in [1.807, 2.05) is 18.2 Å². The van der Waals surface area contributed by atoms with Crippen LogP contribution in [-0.2, 0) is 11.3 Å². The van der Waals surface area contributed by atoms with E-state index in [0.717, 1.165) is 5.69 Å². The molecular weight excluding hydrogens is 237 g/mol. The lowest BCUT2D eigenvalue weighted by atomic mass is 10.3. The first-order valence-corrected chi connectivity index (χ1v) is 4.14. The highest BCUT2D eigenvalue weighted by atomic mass is 35.5. The molecule has 0 aliphatic heterocycles. The summed E-state index contributed by atoms with van der Waals surface area (Å²) in [5, 5.41) is 5.51. The average molecular weight is 252 g/mol. The van der Waals surface area contributed by atoms with Crippen LogP contribution in [-0.4, -0.2) is 24.5 Å². The first kappa shape index (κ1) is 16.6. The number of hydrogen-bond acceptors (Lipinski definition) is 3. The molecule has 2 N–H and O–H groups in total. The summed E-state index contributed by atoms with van der Waals surface area (Å²) in [4.78, 5) is 15.1. The van der Waals surface area contributed by atoms with Crippen molar-refractivity contribution in [3.8, 4) is 0 Å². The van der Waals surface area contributed by atoms with Gasteiger partial charge in [0, 0.05) is 6.20 Å². The molecule has 6 heteroatoms. The number of nitrogens with zero attached hydrogens (tertiary/aromatic N) is 1. The van der Waals surface area contributed by atoms with Crippen LogP contribution in [0.1, 0.15) is 5.69 Å². The molecule has 0 aromatic carbocycles. The van der Waals surface area contributed by atoms with E-state index >= 15 is 0 Å². The van der Waals surface area contributed by atoms with Crippen molar-refractivity contribution in [2.45, 2.75) is 6.54 Å². The lowest BCUT2D eigenvalue weighted by molar-refractivity contribution is -0.120. The molecule has 0 aliphatic carbocycles. The lowest BCUT2D eigenvalue weighted by Gasteiger charge is -2.03. The average Bonchev–Trinajstić information content (AvgIpc) is 2.17. The van der Waals surface area contributed by atoms with Crippen molar-refractivity contribution in [3.63, 3.8) is 0 Å². The van der Waals surface area contributed by atoms with E-state index in [0.29, 0.717) is 13.1 Å². The van der Waals surface area contributed by atoms with Crippen LogP contribution in [0, 0.1) is 0 Å². The molecule has 0 saturated carbocycles. The van der Waals surface area contributed by atoms with Gasteiger partial charge in [-0.25, -0.2) is 0 Å². The summed E-state index contributed by atoms with van der Waals surface area (Å²) >= 11 is 0. The van der Waals surface area contributed by atoms with Crippen molar-refractivity contribution in [2.24, 2.45) is 0 Å². The predicted octanol–water partition coefficient (Wildman–Crippen LogP) is 0.761. The zero-order chi connectivity index (χ0) is 9.52. The van der Waals surface area contributed by atoms with Crippen molar-refractivity contribution in [2.75, 3.05) is 13.6 Å². The Kier molecular flexibility index (Phi) is 10.7. The van der Waals surface area contributed by atoms with Gasteiger partial charge in [0.25, 0.3) is 0 Å². The van der Waals surface area contributed by atoms with E-state index in [1.54, 1.807) is 13.2 Å². The van der Waals surface area contributed by atoms with Gasteiger partial charge in [-0.3, -0.25) is 9.78 Å². The van der Waals surface area contributed by atoms with Crippen LogP contribution in [0.25, 0.3) is 0 Å². The Balaban J connectivity index is 0. The molecular formula is C9H15Cl2N3O. The van der Waals surface area contributed by atoms with E-state index in [1.165, 1.54) is 0 Å². The molecule has 4 nitrogen and oxygen atoms in total. The molecule has 1 heterocycles. The number of amides is 1. The van der Waals surface area contributed by atoms with Gasteiger partial charge in [-0.2, -0.15) is 0 Å². The molecule has 0 radical (unpaired) electrons. The van der Waals surface area contributed by atoms with E-state index in [9.17, 15) is 4.79 Å². The largest absolute Gasteiger partial charge is 0.349 e. The Morgan fingerprint density at radius 1 is 1.40 bits per heavy atom. The summed E-state index contributed by atoms with van der Waals surface area (Å²) in [7, 11) is 1.74. The zero-order valence-corrected chi connectivity index (χ0v) is 10.0. The summed E-state index contributed by atoms with van der Waals surface area (Å²) in [5.41, 5.74) is 0.868. The van der Waals surface area contributed by atoms with Crippen LogP contribution in [0.4, 0.5) is 0 Å². The van der Waals surface area contributed by atoms with Gasteiger partial charge < -0.3 is 10.6 Å². The first-order chi connectivity index (χ1) is 6.33. The third kappa shape index (κ3) is 7.13. The minimum Gasteiger partial charge on any atom is -0.349 e. The molecule has 1 rings (SSSR count). The van der Waals surface area contributed by atoms with Crippen LogP contribution >= 0.6 is 24.8 Å². The fourth-order valence-electron chi connectivity index (χ4n) is 0.915. The highest BCUT2D eigenvalue weighted by Crippen LogP contribution is 1.91. The normalized spacial score (nSPS) is 8.33. The third-order valence-electron chi connectivity index (χ3n) is 1.53. The SMILES string of the molecule is CNCC(=O)NCc1ccccn1.Cl.Cl. The number of halogens is 2. The second-order valence-electron chi connectivity index (χ2n) is 2.63. The van der Waals surface area contributed by atoms with Gasteiger partial charge in [0.15, 0.2) is 0 Å². The van der Waals surface area contributed by atoms with Crippen LogP contribution < -0.4 is 10.6 Å². The van der Waals surface area contributed by atoms with E-state index in [2.05, 4.69) is 15.6 Å². The summed E-state index contributed by atoms with van der Waals surface area (Å²) in [5.74, 6) is -0.0202. The topological polar surface area (TPSA) is 54.0 Å². The number of rotatable bonds is 4. The Labute approximate surface area is 102 Å². The van der Waals surface area contributed by atoms with Crippen molar-refractivity contribution < 1.29 is 4.79 Å². The molecule has 1 aromatic rings. The molecule has 0 fully saturated rings. The second-order valence-corrected chi connectivity index (χ2v) is 2.63. The standard InChI is InChI=1S/C9H13N3O.2ClH/c1-10-7-9(13)12-6-8-4-2-3-5-11-8;;/h2-5,10H,6-7H2,1H3,(H,12,13);2*1H. The predicted molar refractivity (Wildman–Crippen MR) is 64.5 cm³/mol. The molecule has 86 valence electrons.